The van der Waals surface area contributed by atoms with Crippen LogP contribution >= 0.6 is 11.8 Å². The number of hydrazone groups is 1. The Morgan fingerprint density at radius 1 is 1.00 bits per heavy atom. The molecule has 0 saturated heterocycles. The highest BCUT2D eigenvalue weighted by Crippen LogP contribution is 2.32. The van der Waals surface area contributed by atoms with Crippen LogP contribution in [0.3, 0.4) is 0 Å². The van der Waals surface area contributed by atoms with E-state index in [-0.39, 0.29) is 12.1 Å². The Labute approximate surface area is 160 Å². The predicted octanol–water partition coefficient (Wildman–Crippen LogP) is 2.35. The maximum Gasteiger partial charge on any atom is 0.276 e. The van der Waals surface area contributed by atoms with E-state index in [0.717, 1.165) is 21.5 Å². The van der Waals surface area contributed by atoms with Gasteiger partial charge in [-0.25, -0.2) is 5.01 Å². The van der Waals surface area contributed by atoms with E-state index in [1.165, 1.54) is 17.1 Å². The number of para-hydroxylation sites is 1. The molecule has 3 aromatic carbocycles. The maximum atomic E-state index is 12.8. The molecule has 0 aliphatic carbocycles. The van der Waals surface area contributed by atoms with E-state index in [9.17, 15) is 4.79 Å². The van der Waals surface area contributed by atoms with E-state index < -0.39 is 0 Å². The molecule has 6 heteroatoms. The first kappa shape index (κ1) is 16.1. The molecule has 2 aliphatic heterocycles. The lowest BCUT2D eigenvalue weighted by Crippen LogP contribution is -2.50. The zero-order valence-corrected chi connectivity index (χ0v) is 15.4. The third-order valence-electron chi connectivity index (χ3n) is 4.78. The molecule has 0 spiro atoms. The number of nitrogens with zero attached hydrogens (tertiary/aromatic N) is 3. The van der Waals surface area contributed by atoms with E-state index in [2.05, 4.69) is 40.8 Å². The molecular formula is C21H16N4OS. The summed E-state index contributed by atoms with van der Waals surface area (Å²) in [5.74, 6) is -0.150. The highest BCUT2D eigenvalue weighted by atomic mass is 32.2. The van der Waals surface area contributed by atoms with Crippen molar-refractivity contribution in [1.29, 1.82) is 0 Å². The van der Waals surface area contributed by atoms with Gasteiger partial charge in [0.1, 0.15) is 5.70 Å². The van der Waals surface area contributed by atoms with Gasteiger partial charge < -0.3 is 0 Å². The van der Waals surface area contributed by atoms with Gasteiger partial charge in [0.2, 0.25) is 0 Å². The van der Waals surface area contributed by atoms with Gasteiger partial charge in [-0.15, -0.1) is 5.10 Å². The van der Waals surface area contributed by atoms with E-state index in [4.69, 9.17) is 4.99 Å². The molecule has 132 valence electrons. The molecule has 0 aromatic heterocycles. The highest BCUT2D eigenvalue weighted by Gasteiger charge is 2.34. The zero-order valence-electron chi connectivity index (χ0n) is 14.6. The van der Waals surface area contributed by atoms with Crippen LogP contribution in [-0.4, -0.2) is 22.3 Å². The molecule has 0 saturated carbocycles. The molecule has 0 fully saturated rings. The summed E-state index contributed by atoms with van der Waals surface area (Å²) in [6.45, 7) is 0. The second-order valence-electron chi connectivity index (χ2n) is 6.38. The molecule has 5 rings (SSSR count). The number of carbonyl (C=O) groups excluding carboxylic acids is 1. The molecule has 3 aromatic rings. The first-order valence-electron chi connectivity index (χ1n) is 8.64. The molecule has 0 radical (unpaired) electrons. The minimum absolute atomic E-state index is 0.150. The first-order chi connectivity index (χ1) is 13.2. The number of fused-ring (bicyclic) bond motifs is 3. The van der Waals surface area contributed by atoms with Crippen molar-refractivity contribution in [2.24, 2.45) is 10.1 Å². The number of carbonyl (C=O) groups is 1. The monoisotopic (exact) mass is 372 g/mol. The molecule has 27 heavy (non-hydrogen) atoms. The van der Waals surface area contributed by atoms with Crippen molar-refractivity contribution < 1.29 is 4.79 Å². The quantitative estimate of drug-likeness (QED) is 0.713. The molecule has 1 N–H and O–H groups in total. The molecule has 1 unspecified atom stereocenters. The van der Waals surface area contributed by atoms with Crippen LogP contribution in [-0.2, 0) is 4.79 Å². The topological polar surface area (TPSA) is 57.1 Å². The standard InChI is InChI=1S/C21H16N4OS/c1-27-21-23-20(26)18-16-8-4-5-9-17(16)22-19(25(18)24-21)15-11-10-13-6-2-3-7-14(13)12-15/h2-12,19H,1H3,(H,23,24,26). The van der Waals surface area contributed by atoms with Crippen molar-refractivity contribution in [3.05, 3.63) is 82.9 Å². The minimum atomic E-state index is -0.382. The lowest BCUT2D eigenvalue weighted by Gasteiger charge is -2.34. The van der Waals surface area contributed by atoms with E-state index in [0.29, 0.717) is 10.9 Å². The number of amides is 1. The Morgan fingerprint density at radius 3 is 2.63 bits per heavy atom. The van der Waals surface area contributed by atoms with Crippen molar-refractivity contribution in [2.45, 2.75) is 6.17 Å². The third-order valence-corrected chi connectivity index (χ3v) is 5.35. The molecule has 2 heterocycles. The fourth-order valence-corrected chi connectivity index (χ4v) is 3.87. The first-order valence-corrected chi connectivity index (χ1v) is 9.86. The summed E-state index contributed by atoms with van der Waals surface area (Å²) in [5, 5.41) is 13.8. The Bertz CT molecular complexity index is 1230. The minimum Gasteiger partial charge on any atom is -0.298 e. The van der Waals surface area contributed by atoms with Crippen LogP contribution in [0, 0.1) is 0 Å². The Kier molecular flexibility index (Phi) is 3.72. The predicted molar refractivity (Wildman–Crippen MR) is 108 cm³/mol. The number of hydrogen-bond acceptors (Lipinski definition) is 5. The van der Waals surface area contributed by atoms with Gasteiger partial charge in [-0.2, -0.15) is 0 Å². The van der Waals surface area contributed by atoms with E-state index in [1.54, 1.807) is 5.01 Å². The van der Waals surface area contributed by atoms with Crippen LogP contribution in [0.1, 0.15) is 11.7 Å². The summed E-state index contributed by atoms with van der Waals surface area (Å²) < 4.78 is 0. The summed E-state index contributed by atoms with van der Waals surface area (Å²) in [4.78, 5) is 17.7. The molecule has 0 bridgehead atoms. The number of nitrogens with one attached hydrogen (secondary N) is 1. The summed E-state index contributed by atoms with van der Waals surface area (Å²) in [6, 6.07) is 22.2. The van der Waals surface area contributed by atoms with Gasteiger partial charge in [-0.05, 0) is 34.7 Å². The van der Waals surface area contributed by atoms with Crippen molar-refractivity contribution in [2.75, 3.05) is 6.26 Å². The SMILES string of the molecule is CSC1=NN2C(=c3ccccc3=NC2c2ccc3ccccc3c2)C(=O)N1. The van der Waals surface area contributed by atoms with Gasteiger partial charge >= 0.3 is 0 Å². The van der Waals surface area contributed by atoms with E-state index in [1.807, 2.05) is 42.7 Å². The lowest BCUT2D eigenvalue weighted by atomic mass is 10.0. The second kappa shape index (κ2) is 6.25. The maximum absolute atomic E-state index is 12.8. The second-order valence-corrected chi connectivity index (χ2v) is 7.18. The molecule has 1 amide bonds. The summed E-state index contributed by atoms with van der Waals surface area (Å²) >= 11 is 1.41. The van der Waals surface area contributed by atoms with Gasteiger partial charge in [-0.3, -0.25) is 15.1 Å². The summed E-state index contributed by atoms with van der Waals surface area (Å²) in [6.07, 6.45) is 1.51. The van der Waals surface area contributed by atoms with Crippen LogP contribution in [0.2, 0.25) is 0 Å². The highest BCUT2D eigenvalue weighted by molar-refractivity contribution is 8.13. The molecule has 1 atom stereocenters. The number of thioether (sulfide) groups is 1. The average Bonchev–Trinajstić information content (AvgIpc) is 2.72. The number of hydrogen-bond donors (Lipinski definition) is 1. The largest absolute Gasteiger partial charge is 0.298 e. The Hall–Kier alpha value is -3.12. The van der Waals surface area contributed by atoms with E-state index >= 15 is 0 Å². The van der Waals surface area contributed by atoms with Crippen molar-refractivity contribution >= 4 is 39.3 Å². The summed E-state index contributed by atoms with van der Waals surface area (Å²) in [5.41, 5.74) is 1.54. The number of rotatable bonds is 1. The molecular weight excluding hydrogens is 356 g/mol. The van der Waals surface area contributed by atoms with Crippen LogP contribution in [0.15, 0.2) is 76.8 Å². The van der Waals surface area contributed by atoms with Crippen molar-refractivity contribution in [1.82, 2.24) is 10.3 Å². The Balaban J connectivity index is 1.76. The normalized spacial score (nSPS) is 18.3. The van der Waals surface area contributed by atoms with Gasteiger partial charge in [0.25, 0.3) is 5.91 Å². The fraction of sp³-hybridized carbons (Fsp3) is 0.0952. The number of benzene rings is 3. The van der Waals surface area contributed by atoms with Gasteiger partial charge in [0, 0.05) is 5.22 Å². The molecule has 2 aliphatic rings. The smallest absolute Gasteiger partial charge is 0.276 e. The van der Waals surface area contributed by atoms with Gasteiger partial charge in [-0.1, -0.05) is 66.4 Å². The van der Waals surface area contributed by atoms with Crippen molar-refractivity contribution in [3.8, 4) is 0 Å². The average molecular weight is 372 g/mol. The number of amidine groups is 1. The van der Waals surface area contributed by atoms with Crippen molar-refractivity contribution in [3.63, 3.8) is 0 Å². The Morgan fingerprint density at radius 2 is 1.78 bits per heavy atom. The van der Waals surface area contributed by atoms with Crippen LogP contribution < -0.4 is 15.9 Å². The van der Waals surface area contributed by atoms with Gasteiger partial charge in [0.15, 0.2) is 11.3 Å². The molecule has 5 nitrogen and oxygen atoms in total. The lowest BCUT2D eigenvalue weighted by molar-refractivity contribution is -0.116. The van der Waals surface area contributed by atoms with Crippen LogP contribution in [0.4, 0.5) is 0 Å². The fourth-order valence-electron chi connectivity index (χ4n) is 3.50. The van der Waals surface area contributed by atoms with Gasteiger partial charge in [0.05, 0.1) is 5.36 Å². The van der Waals surface area contributed by atoms with Crippen LogP contribution in [0.5, 0.6) is 0 Å². The van der Waals surface area contributed by atoms with Crippen LogP contribution in [0.25, 0.3) is 16.5 Å². The third kappa shape index (κ3) is 2.61. The zero-order chi connectivity index (χ0) is 18.4. The summed E-state index contributed by atoms with van der Waals surface area (Å²) in [7, 11) is 0.